The fourth-order valence-corrected chi connectivity index (χ4v) is 3.92. The van der Waals surface area contributed by atoms with Crippen LogP contribution in [0, 0.1) is 5.92 Å². The third-order valence-corrected chi connectivity index (χ3v) is 6.39. The number of amides is 1. The summed E-state index contributed by atoms with van der Waals surface area (Å²) in [6.45, 7) is 1.02. The first-order valence-corrected chi connectivity index (χ1v) is 10.5. The number of hydrogen-bond donors (Lipinski definition) is 1. The fraction of sp³-hybridized carbons (Fsp3) is 0.333. The summed E-state index contributed by atoms with van der Waals surface area (Å²) < 4.78 is 60.7. The van der Waals surface area contributed by atoms with Crippen LogP contribution in [0.4, 0.5) is 24.7 Å². The van der Waals surface area contributed by atoms with Gasteiger partial charge in [0.1, 0.15) is 5.82 Å². The molecule has 2 heterocycles. The van der Waals surface area contributed by atoms with Gasteiger partial charge in [0.15, 0.2) is 0 Å². The molecule has 0 saturated carbocycles. The smallest absolute Gasteiger partial charge is 0.371 e. The van der Waals surface area contributed by atoms with Crippen molar-refractivity contribution in [2.24, 2.45) is 5.92 Å². The monoisotopic (exact) mass is 447 g/mol. The highest BCUT2D eigenvalue weighted by atomic mass is 35.5. The van der Waals surface area contributed by atoms with Gasteiger partial charge >= 0.3 is 5.51 Å². The predicted octanol–water partition coefficient (Wildman–Crippen LogP) is 3.88. The van der Waals surface area contributed by atoms with Crippen molar-refractivity contribution in [3.05, 3.63) is 47.6 Å². The first-order valence-electron chi connectivity index (χ1n) is 8.67. The molecule has 0 unspecified atom stereocenters. The molecule has 1 aliphatic rings. The largest absolute Gasteiger partial charge is 0.501 e. The molecule has 6 nitrogen and oxygen atoms in total. The second-order valence-corrected chi connectivity index (χ2v) is 8.93. The van der Waals surface area contributed by atoms with E-state index in [1.165, 1.54) is 18.3 Å². The molecule has 156 valence electrons. The Balaban J connectivity index is 1.59. The number of alkyl halides is 3. The molecule has 1 aromatic carbocycles. The molecule has 1 aromatic heterocycles. The minimum absolute atomic E-state index is 0.161. The first kappa shape index (κ1) is 21.4. The summed E-state index contributed by atoms with van der Waals surface area (Å²) in [5.41, 5.74) is -4.73. The summed E-state index contributed by atoms with van der Waals surface area (Å²) in [6.07, 6.45) is 2.52. The summed E-state index contributed by atoms with van der Waals surface area (Å²) >= 11 is 5.76. The normalized spacial score (nSPS) is 15.9. The zero-order valence-electron chi connectivity index (χ0n) is 15.0. The molecular weight excluding hydrogens is 431 g/mol. The van der Waals surface area contributed by atoms with Crippen LogP contribution in [0.5, 0.6) is 0 Å². The van der Waals surface area contributed by atoms with Crippen LogP contribution < -0.4 is 10.2 Å². The quantitative estimate of drug-likeness (QED) is 0.769. The lowest BCUT2D eigenvalue weighted by Crippen LogP contribution is -2.38. The van der Waals surface area contributed by atoms with Crippen molar-refractivity contribution in [2.45, 2.75) is 23.2 Å². The van der Waals surface area contributed by atoms with Gasteiger partial charge < -0.3 is 10.2 Å². The van der Waals surface area contributed by atoms with Crippen LogP contribution in [-0.2, 0) is 14.6 Å². The highest BCUT2D eigenvalue weighted by Crippen LogP contribution is 2.32. The molecular formula is C18H17ClF3N3O3S. The maximum Gasteiger partial charge on any atom is 0.501 e. The van der Waals surface area contributed by atoms with E-state index in [-0.39, 0.29) is 11.8 Å². The number of sulfone groups is 1. The number of carbonyl (C=O) groups excluding carboxylic acids is 1. The molecule has 11 heteroatoms. The Hall–Kier alpha value is -2.33. The van der Waals surface area contributed by atoms with Crippen molar-refractivity contribution in [1.29, 1.82) is 0 Å². The number of pyridine rings is 1. The third kappa shape index (κ3) is 4.81. The molecule has 0 spiro atoms. The lowest BCUT2D eigenvalue weighted by Gasteiger charge is -2.33. The zero-order valence-corrected chi connectivity index (χ0v) is 16.6. The van der Waals surface area contributed by atoms with Gasteiger partial charge in [0, 0.05) is 30.9 Å². The van der Waals surface area contributed by atoms with Crippen molar-refractivity contribution in [1.82, 2.24) is 4.98 Å². The van der Waals surface area contributed by atoms with E-state index in [1.54, 1.807) is 12.1 Å². The maximum atomic E-state index is 12.6. The van der Waals surface area contributed by atoms with Crippen molar-refractivity contribution in [3.63, 3.8) is 0 Å². The minimum atomic E-state index is -5.36. The Morgan fingerprint density at radius 3 is 2.24 bits per heavy atom. The van der Waals surface area contributed by atoms with E-state index in [2.05, 4.69) is 10.3 Å². The predicted molar refractivity (Wildman–Crippen MR) is 102 cm³/mol. The summed E-state index contributed by atoms with van der Waals surface area (Å²) in [4.78, 5) is 17.5. The van der Waals surface area contributed by atoms with Gasteiger partial charge in [0.05, 0.1) is 9.92 Å². The average Bonchev–Trinajstić information content (AvgIpc) is 2.69. The van der Waals surface area contributed by atoms with E-state index in [4.69, 9.17) is 11.6 Å². The van der Waals surface area contributed by atoms with E-state index in [0.717, 1.165) is 12.1 Å². The Morgan fingerprint density at radius 1 is 1.10 bits per heavy atom. The van der Waals surface area contributed by atoms with Crippen LogP contribution in [0.25, 0.3) is 0 Å². The molecule has 1 saturated heterocycles. The molecule has 0 atom stereocenters. The maximum absolute atomic E-state index is 12.6. The van der Waals surface area contributed by atoms with Crippen molar-refractivity contribution < 1.29 is 26.4 Å². The number of carbonyl (C=O) groups is 1. The van der Waals surface area contributed by atoms with Gasteiger partial charge in [0.25, 0.3) is 9.84 Å². The van der Waals surface area contributed by atoms with Crippen LogP contribution in [0.2, 0.25) is 5.02 Å². The molecule has 0 radical (unpaired) electrons. The lowest BCUT2D eigenvalue weighted by atomic mass is 9.95. The molecule has 1 N–H and O–H groups in total. The van der Waals surface area contributed by atoms with Gasteiger partial charge in [-0.3, -0.25) is 4.79 Å². The number of nitrogens with one attached hydrogen (secondary N) is 1. The van der Waals surface area contributed by atoms with E-state index >= 15 is 0 Å². The topological polar surface area (TPSA) is 79.4 Å². The Morgan fingerprint density at radius 2 is 1.72 bits per heavy atom. The highest BCUT2D eigenvalue weighted by molar-refractivity contribution is 7.92. The summed E-state index contributed by atoms with van der Waals surface area (Å²) in [7, 11) is -5.36. The van der Waals surface area contributed by atoms with Crippen LogP contribution in [0.3, 0.4) is 0 Å². The van der Waals surface area contributed by atoms with Gasteiger partial charge in [-0.2, -0.15) is 13.2 Å². The minimum Gasteiger partial charge on any atom is -0.371 e. The van der Waals surface area contributed by atoms with Gasteiger partial charge in [0.2, 0.25) is 5.91 Å². The number of hydrogen-bond acceptors (Lipinski definition) is 5. The SMILES string of the molecule is O=C(Nc1ccc(Cl)cn1)C1CCN(c2ccc(S(=O)(=O)C(F)(F)F)cc2)CC1. The first-order chi connectivity index (χ1) is 13.6. The molecule has 1 fully saturated rings. The Kier molecular flexibility index (Phi) is 6.04. The summed E-state index contributed by atoms with van der Waals surface area (Å²) in [5.74, 6) is 0.0167. The number of halogens is 4. The van der Waals surface area contributed by atoms with E-state index in [1.807, 2.05) is 4.90 Å². The molecule has 2 aromatic rings. The standard InChI is InChI=1S/C18H17ClF3N3O3S/c19-13-1-6-16(23-11-13)24-17(26)12-7-9-25(10-8-12)14-2-4-15(5-3-14)29(27,28)18(20,21)22/h1-6,11-12H,7-10H2,(H,23,24,26). The van der Waals surface area contributed by atoms with E-state index in [9.17, 15) is 26.4 Å². The van der Waals surface area contributed by atoms with Gasteiger partial charge in [-0.1, -0.05) is 11.6 Å². The van der Waals surface area contributed by atoms with Gasteiger partial charge in [-0.25, -0.2) is 13.4 Å². The average molecular weight is 448 g/mol. The molecule has 0 bridgehead atoms. The number of nitrogens with zero attached hydrogens (tertiary/aromatic N) is 2. The Bertz CT molecular complexity index is 972. The molecule has 29 heavy (non-hydrogen) atoms. The van der Waals surface area contributed by atoms with Crippen LogP contribution in [0.15, 0.2) is 47.5 Å². The Labute approximate surface area is 170 Å². The van der Waals surface area contributed by atoms with Gasteiger partial charge in [-0.15, -0.1) is 0 Å². The lowest BCUT2D eigenvalue weighted by molar-refractivity contribution is -0.120. The zero-order chi connectivity index (χ0) is 21.2. The second-order valence-electron chi connectivity index (χ2n) is 6.56. The van der Waals surface area contributed by atoms with Crippen molar-refractivity contribution in [3.8, 4) is 0 Å². The van der Waals surface area contributed by atoms with E-state index < -0.39 is 20.2 Å². The van der Waals surface area contributed by atoms with Crippen LogP contribution in [-0.4, -0.2) is 37.9 Å². The molecule has 1 aliphatic heterocycles. The molecule has 3 rings (SSSR count). The molecule has 0 aliphatic carbocycles. The van der Waals surface area contributed by atoms with Crippen molar-refractivity contribution >= 4 is 38.9 Å². The highest BCUT2D eigenvalue weighted by Gasteiger charge is 2.46. The number of aromatic nitrogens is 1. The number of anilines is 2. The summed E-state index contributed by atoms with van der Waals surface area (Å²) in [5, 5.41) is 3.19. The second kappa shape index (κ2) is 8.19. The van der Waals surface area contributed by atoms with Crippen LogP contribution >= 0.6 is 11.6 Å². The van der Waals surface area contributed by atoms with Gasteiger partial charge in [-0.05, 0) is 49.2 Å². The van der Waals surface area contributed by atoms with E-state index in [0.29, 0.717) is 42.5 Å². The third-order valence-electron chi connectivity index (χ3n) is 4.66. The molecule has 1 amide bonds. The van der Waals surface area contributed by atoms with Crippen molar-refractivity contribution in [2.75, 3.05) is 23.3 Å². The number of rotatable bonds is 4. The van der Waals surface area contributed by atoms with Crippen LogP contribution in [0.1, 0.15) is 12.8 Å². The number of piperidine rings is 1. The summed E-state index contributed by atoms with van der Waals surface area (Å²) in [6, 6.07) is 7.81. The number of benzene rings is 1. The fourth-order valence-electron chi connectivity index (χ4n) is 3.05.